The quantitative estimate of drug-likeness (QED) is 0.837. The van der Waals surface area contributed by atoms with Crippen LogP contribution in [-0.2, 0) is 4.79 Å². The van der Waals surface area contributed by atoms with E-state index >= 15 is 0 Å². The van der Waals surface area contributed by atoms with Gasteiger partial charge in [-0.2, -0.15) is 0 Å². The van der Waals surface area contributed by atoms with Crippen LogP contribution in [0, 0.1) is 0 Å². The normalized spacial score (nSPS) is 13.2. The molecule has 0 heterocycles. The Labute approximate surface area is 136 Å². The average Bonchev–Trinajstić information content (AvgIpc) is 2.59. The topological polar surface area (TPSA) is 55.8 Å². The molecular weight excluding hydrogens is 292 g/mol. The molecule has 1 N–H and O–H groups in total. The summed E-state index contributed by atoms with van der Waals surface area (Å²) in [4.78, 5) is 11.9. The number of methoxy groups -OCH3 is 2. The Bertz CT molecular complexity index is 649. The molecule has 0 aliphatic rings. The molecule has 0 fully saturated rings. The molecule has 0 unspecified atom stereocenters. The van der Waals surface area contributed by atoms with Crippen LogP contribution in [0.25, 0.3) is 0 Å². The van der Waals surface area contributed by atoms with Gasteiger partial charge in [0.1, 0.15) is 11.5 Å². The molecule has 2 aromatic rings. The minimum Gasteiger partial charge on any atom is -0.497 e. The summed E-state index contributed by atoms with van der Waals surface area (Å²) in [5.74, 6) is -0.119. The first-order valence-electron chi connectivity index (χ1n) is 7.61. The van der Waals surface area contributed by atoms with E-state index in [-0.39, 0.29) is 5.92 Å². The van der Waals surface area contributed by atoms with Crippen molar-refractivity contribution in [3.63, 3.8) is 0 Å². The number of aliphatic carboxylic acids is 1. The maximum atomic E-state index is 11.9. The van der Waals surface area contributed by atoms with Crippen molar-refractivity contribution in [3.05, 3.63) is 59.7 Å². The van der Waals surface area contributed by atoms with Crippen LogP contribution in [-0.4, -0.2) is 25.3 Å². The van der Waals surface area contributed by atoms with Gasteiger partial charge in [0.05, 0.1) is 20.1 Å². The van der Waals surface area contributed by atoms with Gasteiger partial charge in [0, 0.05) is 5.92 Å². The van der Waals surface area contributed by atoms with Crippen molar-refractivity contribution < 1.29 is 19.4 Å². The lowest BCUT2D eigenvalue weighted by molar-refractivity contribution is -0.139. The van der Waals surface area contributed by atoms with Gasteiger partial charge in [-0.1, -0.05) is 31.2 Å². The van der Waals surface area contributed by atoms with E-state index in [1.54, 1.807) is 26.4 Å². The molecule has 0 saturated heterocycles. The van der Waals surface area contributed by atoms with E-state index in [2.05, 4.69) is 0 Å². The summed E-state index contributed by atoms with van der Waals surface area (Å²) in [7, 11) is 3.20. The third-order valence-corrected chi connectivity index (χ3v) is 4.11. The van der Waals surface area contributed by atoms with E-state index in [9.17, 15) is 9.90 Å². The zero-order chi connectivity index (χ0) is 16.8. The number of hydrogen-bond acceptors (Lipinski definition) is 3. The van der Waals surface area contributed by atoms with Crippen molar-refractivity contribution in [3.8, 4) is 11.5 Å². The first-order chi connectivity index (χ1) is 11.1. The van der Waals surface area contributed by atoms with Gasteiger partial charge in [-0.3, -0.25) is 4.79 Å². The van der Waals surface area contributed by atoms with Crippen molar-refractivity contribution in [2.24, 2.45) is 0 Å². The Hall–Kier alpha value is -2.49. The highest BCUT2D eigenvalue weighted by Gasteiger charge is 2.30. The number of carboxylic acid groups (broad SMARTS) is 1. The van der Waals surface area contributed by atoms with Crippen LogP contribution < -0.4 is 9.47 Å². The van der Waals surface area contributed by atoms with Crippen LogP contribution in [0.15, 0.2) is 48.5 Å². The van der Waals surface area contributed by atoms with E-state index in [4.69, 9.17) is 9.47 Å². The van der Waals surface area contributed by atoms with E-state index in [0.29, 0.717) is 5.75 Å². The van der Waals surface area contributed by atoms with E-state index in [1.165, 1.54) is 0 Å². The summed E-state index contributed by atoms with van der Waals surface area (Å²) in [5, 5.41) is 9.78. The first kappa shape index (κ1) is 16.9. The largest absolute Gasteiger partial charge is 0.497 e. The maximum absolute atomic E-state index is 11.9. The molecule has 0 saturated carbocycles. The third-order valence-electron chi connectivity index (χ3n) is 4.11. The highest BCUT2D eigenvalue weighted by atomic mass is 16.5. The Morgan fingerprint density at radius 3 is 2.17 bits per heavy atom. The van der Waals surface area contributed by atoms with Gasteiger partial charge >= 0.3 is 5.97 Å². The van der Waals surface area contributed by atoms with E-state index < -0.39 is 11.9 Å². The van der Waals surface area contributed by atoms with Crippen molar-refractivity contribution in [2.45, 2.75) is 25.2 Å². The molecule has 0 spiro atoms. The SMILES string of the molecule is CC[C@@H](c1cccc(OC)c1)[C@H](C(=O)O)c1ccc(OC)cc1. The number of carboxylic acids is 1. The summed E-state index contributed by atoms with van der Waals surface area (Å²) in [5.41, 5.74) is 1.74. The molecule has 2 aromatic carbocycles. The van der Waals surface area contributed by atoms with E-state index in [1.807, 2.05) is 43.3 Å². The molecule has 0 amide bonds. The predicted octanol–water partition coefficient (Wildman–Crippen LogP) is 4.07. The summed E-state index contributed by atoms with van der Waals surface area (Å²) in [6, 6.07) is 14.8. The smallest absolute Gasteiger partial charge is 0.311 e. The van der Waals surface area contributed by atoms with Gasteiger partial charge in [-0.15, -0.1) is 0 Å². The second-order valence-electron chi connectivity index (χ2n) is 5.38. The van der Waals surface area contributed by atoms with E-state index in [0.717, 1.165) is 23.3 Å². The van der Waals surface area contributed by atoms with Crippen molar-refractivity contribution in [2.75, 3.05) is 14.2 Å². The Morgan fingerprint density at radius 1 is 1.00 bits per heavy atom. The van der Waals surface area contributed by atoms with Gasteiger partial charge < -0.3 is 14.6 Å². The van der Waals surface area contributed by atoms with Gasteiger partial charge in [0.2, 0.25) is 0 Å². The molecule has 0 aliphatic heterocycles. The van der Waals surface area contributed by atoms with Gasteiger partial charge in [0.25, 0.3) is 0 Å². The predicted molar refractivity (Wildman–Crippen MR) is 89.4 cm³/mol. The van der Waals surface area contributed by atoms with Crippen molar-refractivity contribution in [1.82, 2.24) is 0 Å². The van der Waals surface area contributed by atoms with Crippen LogP contribution in [0.1, 0.15) is 36.3 Å². The Balaban J connectivity index is 2.41. The minimum atomic E-state index is -0.829. The molecule has 2 atom stereocenters. The molecule has 0 radical (unpaired) electrons. The highest BCUT2D eigenvalue weighted by Crippen LogP contribution is 2.37. The summed E-state index contributed by atoms with van der Waals surface area (Å²) in [6.07, 6.45) is 0.718. The standard InChI is InChI=1S/C19H22O4/c1-4-17(14-6-5-7-16(12-14)23-3)18(19(20)21)13-8-10-15(22-2)11-9-13/h5-12,17-18H,4H2,1-3H3,(H,20,21)/t17-,18+/m0/s1. The molecule has 23 heavy (non-hydrogen) atoms. The fourth-order valence-corrected chi connectivity index (χ4v) is 2.89. The highest BCUT2D eigenvalue weighted by molar-refractivity contribution is 5.77. The zero-order valence-electron chi connectivity index (χ0n) is 13.7. The minimum absolute atomic E-state index is 0.129. The van der Waals surface area contributed by atoms with Gasteiger partial charge in [-0.05, 0) is 41.8 Å². The Kier molecular flexibility index (Phi) is 5.63. The second-order valence-corrected chi connectivity index (χ2v) is 5.38. The van der Waals surface area contributed by atoms with Gasteiger partial charge in [0.15, 0.2) is 0 Å². The number of ether oxygens (including phenoxy) is 2. The molecule has 0 aliphatic carbocycles. The summed E-state index contributed by atoms with van der Waals surface area (Å²) >= 11 is 0. The van der Waals surface area contributed by atoms with Crippen LogP contribution in [0.4, 0.5) is 0 Å². The summed E-state index contributed by atoms with van der Waals surface area (Å²) < 4.78 is 10.4. The zero-order valence-corrected chi connectivity index (χ0v) is 13.7. The van der Waals surface area contributed by atoms with Crippen LogP contribution >= 0.6 is 0 Å². The molecule has 4 nitrogen and oxygen atoms in total. The molecule has 4 heteroatoms. The fraction of sp³-hybridized carbons (Fsp3) is 0.316. The van der Waals surface area contributed by atoms with Crippen LogP contribution in [0.3, 0.4) is 0 Å². The molecular formula is C19H22O4. The number of carbonyl (C=O) groups is 1. The second kappa shape index (κ2) is 7.68. The number of rotatable bonds is 7. The Morgan fingerprint density at radius 2 is 1.65 bits per heavy atom. The first-order valence-corrected chi connectivity index (χ1v) is 7.61. The average molecular weight is 314 g/mol. The molecule has 122 valence electrons. The van der Waals surface area contributed by atoms with Crippen LogP contribution in [0.2, 0.25) is 0 Å². The molecule has 0 aromatic heterocycles. The number of hydrogen-bond donors (Lipinski definition) is 1. The lowest BCUT2D eigenvalue weighted by atomic mass is 9.80. The molecule has 0 bridgehead atoms. The monoisotopic (exact) mass is 314 g/mol. The van der Waals surface area contributed by atoms with Crippen LogP contribution in [0.5, 0.6) is 11.5 Å². The fourth-order valence-electron chi connectivity index (χ4n) is 2.89. The lowest BCUT2D eigenvalue weighted by Gasteiger charge is -2.24. The third kappa shape index (κ3) is 3.83. The van der Waals surface area contributed by atoms with Crippen molar-refractivity contribution >= 4 is 5.97 Å². The lowest BCUT2D eigenvalue weighted by Crippen LogP contribution is -2.20. The molecule has 2 rings (SSSR count). The number of benzene rings is 2. The maximum Gasteiger partial charge on any atom is 0.311 e. The van der Waals surface area contributed by atoms with Gasteiger partial charge in [-0.25, -0.2) is 0 Å². The summed E-state index contributed by atoms with van der Waals surface area (Å²) in [6.45, 7) is 2.00. The van der Waals surface area contributed by atoms with Crippen molar-refractivity contribution in [1.29, 1.82) is 0 Å².